The molecule has 1 aliphatic rings. The first-order valence-corrected chi connectivity index (χ1v) is 12.6. The zero-order valence-electron chi connectivity index (χ0n) is 21.0. The van der Waals surface area contributed by atoms with Crippen molar-refractivity contribution in [3.63, 3.8) is 0 Å². The Labute approximate surface area is 216 Å². The average molecular weight is 501 g/mol. The number of ether oxygens (including phenoxy) is 3. The number of imidazole rings is 1. The van der Waals surface area contributed by atoms with Gasteiger partial charge in [-0.3, -0.25) is 4.90 Å². The minimum absolute atomic E-state index is 0.365. The van der Waals surface area contributed by atoms with Crippen LogP contribution in [0.4, 0.5) is 4.79 Å². The summed E-state index contributed by atoms with van der Waals surface area (Å²) in [6.45, 7) is 3.96. The third-order valence-electron chi connectivity index (χ3n) is 6.87. The molecule has 8 nitrogen and oxygen atoms in total. The van der Waals surface area contributed by atoms with Gasteiger partial charge in [0.2, 0.25) is 0 Å². The topological polar surface area (TPSA) is 103 Å². The summed E-state index contributed by atoms with van der Waals surface area (Å²) >= 11 is 0. The summed E-state index contributed by atoms with van der Waals surface area (Å²) in [5.74, 6) is 3.56. The zero-order chi connectivity index (χ0) is 25.6. The number of carbonyl (C=O) groups is 1. The first-order chi connectivity index (χ1) is 18.1. The molecule has 192 valence electrons. The lowest BCUT2D eigenvalue weighted by molar-refractivity contribution is 0.157. The van der Waals surface area contributed by atoms with Crippen molar-refractivity contribution in [3.8, 4) is 28.6 Å². The van der Waals surface area contributed by atoms with Gasteiger partial charge in [-0.05, 0) is 92.4 Å². The van der Waals surface area contributed by atoms with Crippen LogP contribution in [0.2, 0.25) is 0 Å². The van der Waals surface area contributed by atoms with Crippen LogP contribution in [0.25, 0.3) is 22.4 Å². The number of rotatable bonds is 9. The number of aromatic amines is 1. The van der Waals surface area contributed by atoms with Crippen LogP contribution in [0.15, 0.2) is 66.7 Å². The smallest absolute Gasteiger partial charge is 0.409 e. The van der Waals surface area contributed by atoms with E-state index in [1.807, 2.05) is 42.5 Å². The number of fused-ring (bicyclic) bond motifs is 1. The van der Waals surface area contributed by atoms with Gasteiger partial charge >= 0.3 is 6.09 Å². The predicted octanol–water partition coefficient (Wildman–Crippen LogP) is 5.38. The number of aromatic nitrogens is 2. The van der Waals surface area contributed by atoms with Crippen LogP contribution in [0.1, 0.15) is 24.8 Å². The minimum atomic E-state index is -0.846. The number of hydrogen-bond donors (Lipinski definition) is 2. The van der Waals surface area contributed by atoms with Crippen LogP contribution in [0.3, 0.4) is 0 Å². The molecule has 4 aromatic rings. The Kier molecular flexibility index (Phi) is 7.56. The van der Waals surface area contributed by atoms with Gasteiger partial charge in [0.25, 0.3) is 0 Å². The van der Waals surface area contributed by atoms with E-state index in [-0.39, 0.29) is 0 Å². The van der Waals surface area contributed by atoms with Crippen LogP contribution < -0.4 is 19.9 Å². The molecule has 0 aliphatic carbocycles. The summed E-state index contributed by atoms with van der Waals surface area (Å²) in [4.78, 5) is 21.4. The SMILES string of the molecule is COc1ccc(CN2CCC(CCOc3ccc(-c4nc5cc(OC(N)=O)ccc5[nH]4)cc3)CC2)cc1. The number of nitrogens with two attached hydrogens (primary N) is 1. The highest BCUT2D eigenvalue weighted by Gasteiger charge is 2.19. The molecule has 8 heteroatoms. The van der Waals surface area contributed by atoms with E-state index < -0.39 is 6.09 Å². The van der Waals surface area contributed by atoms with Crippen molar-refractivity contribution < 1.29 is 19.0 Å². The highest BCUT2D eigenvalue weighted by atomic mass is 16.5. The number of nitrogens with zero attached hydrogens (tertiary/aromatic N) is 2. The average Bonchev–Trinajstić information content (AvgIpc) is 3.34. The Morgan fingerprint density at radius 3 is 2.41 bits per heavy atom. The molecular weight excluding hydrogens is 468 g/mol. The van der Waals surface area contributed by atoms with Crippen molar-refractivity contribution in [1.82, 2.24) is 14.9 Å². The van der Waals surface area contributed by atoms with E-state index in [1.165, 1.54) is 18.4 Å². The fraction of sp³-hybridized carbons (Fsp3) is 0.310. The van der Waals surface area contributed by atoms with Gasteiger partial charge in [0.15, 0.2) is 0 Å². The molecule has 0 unspecified atom stereocenters. The van der Waals surface area contributed by atoms with E-state index in [4.69, 9.17) is 19.9 Å². The van der Waals surface area contributed by atoms with E-state index in [1.54, 1.807) is 19.2 Å². The maximum absolute atomic E-state index is 11.0. The van der Waals surface area contributed by atoms with Crippen molar-refractivity contribution in [3.05, 3.63) is 72.3 Å². The third-order valence-corrected chi connectivity index (χ3v) is 6.87. The molecule has 2 heterocycles. The summed E-state index contributed by atoms with van der Waals surface area (Å²) in [5, 5.41) is 0. The van der Waals surface area contributed by atoms with Gasteiger partial charge in [-0.2, -0.15) is 0 Å². The molecule has 0 bridgehead atoms. The molecule has 0 spiro atoms. The van der Waals surface area contributed by atoms with Crippen LogP contribution in [0, 0.1) is 5.92 Å². The molecule has 5 rings (SSSR count). The predicted molar refractivity (Wildman–Crippen MR) is 143 cm³/mol. The van der Waals surface area contributed by atoms with Crippen LogP contribution >= 0.6 is 0 Å². The van der Waals surface area contributed by atoms with Crippen molar-refractivity contribution in [2.24, 2.45) is 11.7 Å². The summed E-state index contributed by atoms with van der Waals surface area (Å²) in [5.41, 5.74) is 8.91. The fourth-order valence-corrected chi connectivity index (χ4v) is 4.78. The normalized spacial score (nSPS) is 14.5. The Balaban J connectivity index is 1.07. The second-order valence-corrected chi connectivity index (χ2v) is 9.41. The monoisotopic (exact) mass is 500 g/mol. The summed E-state index contributed by atoms with van der Waals surface area (Å²) in [7, 11) is 1.70. The summed E-state index contributed by atoms with van der Waals surface area (Å²) in [6.07, 6.45) is 2.63. The number of nitrogens with one attached hydrogen (secondary N) is 1. The second kappa shape index (κ2) is 11.3. The molecule has 0 radical (unpaired) electrons. The lowest BCUT2D eigenvalue weighted by Crippen LogP contribution is -2.33. The summed E-state index contributed by atoms with van der Waals surface area (Å²) in [6, 6.07) is 21.5. The first-order valence-electron chi connectivity index (χ1n) is 12.6. The van der Waals surface area contributed by atoms with Crippen molar-refractivity contribution in [2.45, 2.75) is 25.8 Å². The first kappa shape index (κ1) is 24.6. The molecule has 1 aliphatic heterocycles. The highest BCUT2D eigenvalue weighted by Crippen LogP contribution is 2.26. The largest absolute Gasteiger partial charge is 0.497 e. The quantitative estimate of drug-likeness (QED) is 0.320. The number of methoxy groups -OCH3 is 1. The maximum atomic E-state index is 11.0. The Morgan fingerprint density at radius 1 is 1.00 bits per heavy atom. The number of benzene rings is 3. The fourth-order valence-electron chi connectivity index (χ4n) is 4.78. The Hall–Kier alpha value is -4.04. The number of amides is 1. The molecule has 1 aromatic heterocycles. The number of likely N-dealkylation sites (tertiary alicyclic amines) is 1. The number of hydrogen-bond acceptors (Lipinski definition) is 6. The molecule has 1 amide bonds. The van der Waals surface area contributed by atoms with Gasteiger partial charge in [0.05, 0.1) is 24.8 Å². The van der Waals surface area contributed by atoms with Crippen LogP contribution in [0.5, 0.6) is 17.2 Å². The molecule has 37 heavy (non-hydrogen) atoms. The molecule has 0 saturated carbocycles. The molecule has 0 atom stereocenters. The van der Waals surface area contributed by atoms with E-state index in [0.29, 0.717) is 17.2 Å². The molecule has 1 saturated heterocycles. The lowest BCUT2D eigenvalue weighted by atomic mass is 9.93. The number of primary amides is 1. The highest BCUT2D eigenvalue weighted by molar-refractivity contribution is 5.81. The van der Waals surface area contributed by atoms with Crippen molar-refractivity contribution in [1.29, 1.82) is 0 Å². The maximum Gasteiger partial charge on any atom is 0.409 e. The van der Waals surface area contributed by atoms with Gasteiger partial charge in [-0.25, -0.2) is 9.78 Å². The van der Waals surface area contributed by atoms with Crippen LogP contribution in [-0.4, -0.2) is 47.8 Å². The molecule has 3 aromatic carbocycles. The minimum Gasteiger partial charge on any atom is -0.497 e. The number of H-pyrrole nitrogens is 1. The van der Waals surface area contributed by atoms with Crippen molar-refractivity contribution >= 4 is 17.1 Å². The van der Waals surface area contributed by atoms with Crippen molar-refractivity contribution in [2.75, 3.05) is 26.8 Å². The van der Waals surface area contributed by atoms with E-state index in [0.717, 1.165) is 61.1 Å². The Morgan fingerprint density at radius 2 is 1.70 bits per heavy atom. The van der Waals surface area contributed by atoms with E-state index >= 15 is 0 Å². The summed E-state index contributed by atoms with van der Waals surface area (Å²) < 4.78 is 16.2. The van der Waals surface area contributed by atoms with E-state index in [2.05, 4.69) is 27.0 Å². The van der Waals surface area contributed by atoms with Gasteiger partial charge in [-0.15, -0.1) is 0 Å². The van der Waals surface area contributed by atoms with E-state index in [9.17, 15) is 4.79 Å². The van der Waals surface area contributed by atoms with Gasteiger partial charge < -0.3 is 24.9 Å². The van der Waals surface area contributed by atoms with Gasteiger partial charge in [0, 0.05) is 18.2 Å². The Bertz CT molecular complexity index is 1330. The number of carbonyl (C=O) groups excluding carboxylic acids is 1. The standard InChI is InChI=1S/C29H32N4O4/c1-35-23-6-2-21(3-7-23)19-33-15-12-20(13-16-33)14-17-36-24-8-4-22(5-9-24)28-31-26-11-10-25(37-29(30)34)18-27(26)32-28/h2-11,18,20H,12-17,19H2,1H3,(H2,30,34)(H,31,32). The lowest BCUT2D eigenvalue weighted by Gasteiger charge is -2.32. The second-order valence-electron chi connectivity index (χ2n) is 9.41. The molecule has 1 fully saturated rings. The number of piperidine rings is 1. The third kappa shape index (κ3) is 6.40. The van der Waals surface area contributed by atoms with Gasteiger partial charge in [-0.1, -0.05) is 12.1 Å². The molecular formula is C29H32N4O4. The molecule has 3 N–H and O–H groups in total. The van der Waals surface area contributed by atoms with Crippen LogP contribution in [-0.2, 0) is 6.54 Å². The van der Waals surface area contributed by atoms with Gasteiger partial charge in [0.1, 0.15) is 23.1 Å². The zero-order valence-corrected chi connectivity index (χ0v) is 21.0.